The van der Waals surface area contributed by atoms with Gasteiger partial charge in [0.1, 0.15) is 17.4 Å². The third-order valence-electron chi connectivity index (χ3n) is 4.23. The average molecular weight is 399 g/mol. The van der Waals surface area contributed by atoms with Crippen LogP contribution in [0, 0.1) is 0 Å². The first-order valence-corrected chi connectivity index (χ1v) is 9.59. The van der Waals surface area contributed by atoms with Gasteiger partial charge in [0.15, 0.2) is 0 Å². The molecule has 6 heteroatoms. The maximum Gasteiger partial charge on any atom is 0.408 e. The summed E-state index contributed by atoms with van der Waals surface area (Å²) in [5.41, 5.74) is 1.29. The number of amides is 2. The second kappa shape index (κ2) is 9.96. The minimum Gasteiger partial charge on any atom is -0.497 e. The fourth-order valence-corrected chi connectivity index (χ4v) is 2.85. The molecule has 0 saturated carbocycles. The van der Waals surface area contributed by atoms with Gasteiger partial charge in [-0.1, -0.05) is 42.5 Å². The van der Waals surface area contributed by atoms with Crippen molar-refractivity contribution in [3.05, 3.63) is 65.7 Å². The SMILES string of the molecule is COc1ccc(CN(C)C(=O)[C@H](Cc2ccccc2)NC(=O)OC(C)(C)C)cc1. The fraction of sp³-hybridized carbons (Fsp3) is 0.391. The summed E-state index contributed by atoms with van der Waals surface area (Å²) in [5.74, 6) is 0.576. The lowest BCUT2D eigenvalue weighted by molar-refractivity contribution is -0.132. The second-order valence-corrected chi connectivity index (χ2v) is 7.93. The Labute approximate surface area is 172 Å². The molecule has 0 aromatic heterocycles. The molecule has 2 aromatic rings. The van der Waals surface area contributed by atoms with Gasteiger partial charge in [-0.3, -0.25) is 4.79 Å². The zero-order chi connectivity index (χ0) is 21.4. The van der Waals surface area contributed by atoms with E-state index in [1.54, 1.807) is 39.8 Å². The van der Waals surface area contributed by atoms with Crippen LogP contribution < -0.4 is 10.1 Å². The lowest BCUT2D eigenvalue weighted by Gasteiger charge is -2.26. The van der Waals surface area contributed by atoms with Gasteiger partial charge in [-0.25, -0.2) is 4.79 Å². The third-order valence-corrected chi connectivity index (χ3v) is 4.23. The maximum atomic E-state index is 13.1. The number of benzene rings is 2. The van der Waals surface area contributed by atoms with Gasteiger partial charge < -0.3 is 19.7 Å². The molecule has 6 nitrogen and oxygen atoms in total. The molecule has 156 valence electrons. The number of carbonyl (C=O) groups is 2. The number of carbonyl (C=O) groups excluding carboxylic acids is 2. The van der Waals surface area contributed by atoms with Crippen LogP contribution in [0.2, 0.25) is 0 Å². The summed E-state index contributed by atoms with van der Waals surface area (Å²) in [6, 6.07) is 16.4. The summed E-state index contributed by atoms with van der Waals surface area (Å²) in [5, 5.41) is 2.73. The number of methoxy groups -OCH3 is 1. The van der Waals surface area contributed by atoms with Crippen molar-refractivity contribution in [2.24, 2.45) is 0 Å². The van der Waals surface area contributed by atoms with Crippen LogP contribution in [0.1, 0.15) is 31.9 Å². The smallest absolute Gasteiger partial charge is 0.408 e. The van der Waals surface area contributed by atoms with E-state index >= 15 is 0 Å². The quantitative estimate of drug-likeness (QED) is 0.771. The third kappa shape index (κ3) is 7.49. The molecule has 2 rings (SSSR count). The molecule has 1 atom stereocenters. The topological polar surface area (TPSA) is 67.9 Å². The molecule has 0 aliphatic carbocycles. The first-order chi connectivity index (χ1) is 13.7. The van der Waals surface area contributed by atoms with Gasteiger partial charge in [0.25, 0.3) is 0 Å². The zero-order valence-electron chi connectivity index (χ0n) is 17.8. The first kappa shape index (κ1) is 22.3. The zero-order valence-corrected chi connectivity index (χ0v) is 17.8. The van der Waals surface area contributed by atoms with E-state index in [-0.39, 0.29) is 5.91 Å². The molecule has 1 N–H and O–H groups in total. The Balaban J connectivity index is 2.11. The van der Waals surface area contributed by atoms with Crippen LogP contribution in [0.3, 0.4) is 0 Å². The Morgan fingerprint density at radius 1 is 1.00 bits per heavy atom. The molecule has 0 radical (unpaired) electrons. The molecule has 0 spiro atoms. The molecule has 0 aliphatic rings. The Morgan fingerprint density at radius 2 is 1.62 bits per heavy atom. The lowest BCUT2D eigenvalue weighted by atomic mass is 10.0. The van der Waals surface area contributed by atoms with Crippen LogP contribution in [0.5, 0.6) is 5.75 Å². The Hall–Kier alpha value is -3.02. The normalized spacial score (nSPS) is 12.0. The number of likely N-dealkylation sites (N-methyl/N-ethyl adjacent to an activating group) is 1. The molecule has 0 unspecified atom stereocenters. The molecule has 29 heavy (non-hydrogen) atoms. The molecular formula is C23H30N2O4. The predicted octanol–water partition coefficient (Wildman–Crippen LogP) is 3.79. The van der Waals surface area contributed by atoms with Crippen molar-refractivity contribution >= 4 is 12.0 Å². The highest BCUT2D eigenvalue weighted by Crippen LogP contribution is 2.14. The molecule has 0 aliphatic heterocycles. The van der Waals surface area contributed by atoms with Gasteiger partial charge in [-0.2, -0.15) is 0 Å². The van der Waals surface area contributed by atoms with E-state index in [9.17, 15) is 9.59 Å². The largest absolute Gasteiger partial charge is 0.497 e. The van der Waals surface area contributed by atoms with E-state index < -0.39 is 17.7 Å². The van der Waals surface area contributed by atoms with Crippen LogP contribution in [-0.4, -0.2) is 42.7 Å². The van der Waals surface area contributed by atoms with Crippen LogP contribution >= 0.6 is 0 Å². The summed E-state index contributed by atoms with van der Waals surface area (Å²) < 4.78 is 10.5. The van der Waals surface area contributed by atoms with Crippen LogP contribution in [0.15, 0.2) is 54.6 Å². The minimum atomic E-state index is -0.726. The van der Waals surface area contributed by atoms with E-state index in [0.29, 0.717) is 13.0 Å². The highest BCUT2D eigenvalue weighted by atomic mass is 16.6. The highest BCUT2D eigenvalue weighted by molar-refractivity contribution is 5.86. The molecular weight excluding hydrogens is 368 g/mol. The molecule has 0 bridgehead atoms. The van der Waals surface area contributed by atoms with E-state index in [0.717, 1.165) is 16.9 Å². The Kier molecular flexibility index (Phi) is 7.65. The van der Waals surface area contributed by atoms with Gasteiger partial charge in [-0.05, 0) is 44.0 Å². The van der Waals surface area contributed by atoms with Gasteiger partial charge in [0, 0.05) is 20.0 Å². The van der Waals surface area contributed by atoms with Crippen molar-refractivity contribution in [1.82, 2.24) is 10.2 Å². The predicted molar refractivity (Wildman–Crippen MR) is 113 cm³/mol. The minimum absolute atomic E-state index is 0.185. The van der Waals surface area contributed by atoms with Gasteiger partial charge >= 0.3 is 6.09 Å². The lowest BCUT2D eigenvalue weighted by Crippen LogP contribution is -2.49. The first-order valence-electron chi connectivity index (χ1n) is 9.59. The number of ether oxygens (including phenoxy) is 2. The molecule has 2 aromatic carbocycles. The van der Waals surface area contributed by atoms with Gasteiger partial charge in [-0.15, -0.1) is 0 Å². The number of nitrogens with zero attached hydrogens (tertiary/aromatic N) is 1. The summed E-state index contributed by atoms with van der Waals surface area (Å²) in [7, 11) is 3.34. The number of hydrogen-bond acceptors (Lipinski definition) is 4. The van der Waals surface area contributed by atoms with Crippen molar-refractivity contribution < 1.29 is 19.1 Å². The fourth-order valence-electron chi connectivity index (χ4n) is 2.85. The summed E-state index contributed by atoms with van der Waals surface area (Å²) >= 11 is 0. The van der Waals surface area contributed by atoms with Crippen molar-refractivity contribution in [3.63, 3.8) is 0 Å². The summed E-state index contributed by atoms with van der Waals surface area (Å²) in [4.78, 5) is 27.0. The van der Waals surface area contributed by atoms with E-state index in [1.165, 1.54) is 0 Å². The molecule has 0 saturated heterocycles. The van der Waals surface area contributed by atoms with E-state index in [2.05, 4.69) is 5.32 Å². The monoisotopic (exact) mass is 398 g/mol. The molecule has 0 heterocycles. The maximum absolute atomic E-state index is 13.1. The number of hydrogen-bond donors (Lipinski definition) is 1. The summed E-state index contributed by atoms with van der Waals surface area (Å²) in [6.07, 6.45) is -0.226. The molecule has 2 amide bonds. The Morgan fingerprint density at radius 3 is 2.17 bits per heavy atom. The van der Waals surface area contributed by atoms with Gasteiger partial charge in [0.05, 0.1) is 7.11 Å². The van der Waals surface area contributed by atoms with Crippen LogP contribution in [-0.2, 0) is 22.5 Å². The van der Waals surface area contributed by atoms with Crippen molar-refractivity contribution in [2.45, 2.75) is 45.4 Å². The highest BCUT2D eigenvalue weighted by Gasteiger charge is 2.27. The van der Waals surface area contributed by atoms with E-state index in [4.69, 9.17) is 9.47 Å². The molecule has 0 fully saturated rings. The van der Waals surface area contributed by atoms with Crippen molar-refractivity contribution in [1.29, 1.82) is 0 Å². The van der Waals surface area contributed by atoms with Crippen molar-refractivity contribution in [3.8, 4) is 5.75 Å². The van der Waals surface area contributed by atoms with Gasteiger partial charge in [0.2, 0.25) is 5.91 Å². The summed E-state index contributed by atoms with van der Waals surface area (Å²) in [6.45, 7) is 5.79. The second-order valence-electron chi connectivity index (χ2n) is 7.93. The number of nitrogens with one attached hydrogen (secondary N) is 1. The Bertz CT molecular complexity index is 798. The number of rotatable bonds is 7. The average Bonchev–Trinajstić information content (AvgIpc) is 2.66. The number of alkyl carbamates (subject to hydrolysis) is 1. The van der Waals surface area contributed by atoms with Crippen LogP contribution in [0.25, 0.3) is 0 Å². The van der Waals surface area contributed by atoms with Crippen molar-refractivity contribution in [2.75, 3.05) is 14.2 Å². The van der Waals surface area contributed by atoms with E-state index in [1.807, 2.05) is 54.6 Å². The standard InChI is InChI=1S/C23H30N2O4/c1-23(2,3)29-22(27)24-20(15-17-9-7-6-8-10-17)21(26)25(4)16-18-11-13-19(28-5)14-12-18/h6-14,20H,15-16H2,1-5H3,(H,24,27)/t20-/m0/s1. The van der Waals surface area contributed by atoms with Crippen LogP contribution in [0.4, 0.5) is 4.79 Å².